The lowest BCUT2D eigenvalue weighted by molar-refractivity contribution is 0.462. The Balaban J connectivity index is 2.23. The molecule has 2 rings (SSSR count). The van der Waals surface area contributed by atoms with Crippen molar-refractivity contribution in [3.8, 4) is 0 Å². The van der Waals surface area contributed by atoms with E-state index in [-0.39, 0.29) is 0 Å². The number of hydrogen-bond acceptors (Lipinski definition) is 1. The van der Waals surface area contributed by atoms with Crippen molar-refractivity contribution in [1.29, 1.82) is 0 Å². The predicted molar refractivity (Wildman–Crippen MR) is 109 cm³/mol. The summed E-state index contributed by atoms with van der Waals surface area (Å²) in [4.78, 5) is 0. The maximum Gasteiger partial charge on any atom is 0.0375 e. The third-order valence-corrected chi connectivity index (χ3v) is 5.32. The molecular formula is C23H35N. The maximum absolute atomic E-state index is 3.81. The molecule has 1 N–H and O–H groups in total. The van der Waals surface area contributed by atoms with Gasteiger partial charge in [-0.1, -0.05) is 50.8 Å². The summed E-state index contributed by atoms with van der Waals surface area (Å²) in [6, 6.07) is 5.41. The molecule has 132 valence electrons. The van der Waals surface area contributed by atoms with Gasteiger partial charge < -0.3 is 5.32 Å². The molecule has 1 aliphatic rings. The van der Waals surface area contributed by atoms with Crippen LogP contribution in [0.25, 0.3) is 6.08 Å². The number of hydrogen-bond donors (Lipinski definition) is 1. The van der Waals surface area contributed by atoms with Gasteiger partial charge in [0.05, 0.1) is 0 Å². The third-order valence-electron chi connectivity index (χ3n) is 5.32. The van der Waals surface area contributed by atoms with E-state index >= 15 is 0 Å². The molecule has 0 bridgehead atoms. The Labute approximate surface area is 149 Å². The fourth-order valence-electron chi connectivity index (χ4n) is 3.69. The summed E-state index contributed by atoms with van der Waals surface area (Å²) >= 11 is 0. The van der Waals surface area contributed by atoms with Crippen LogP contribution in [0.3, 0.4) is 0 Å². The second-order valence-corrected chi connectivity index (χ2v) is 7.41. The van der Waals surface area contributed by atoms with Gasteiger partial charge in [0.25, 0.3) is 0 Å². The molecule has 1 heteroatoms. The van der Waals surface area contributed by atoms with Gasteiger partial charge in [0.1, 0.15) is 0 Å². The molecule has 0 saturated heterocycles. The molecule has 24 heavy (non-hydrogen) atoms. The van der Waals surface area contributed by atoms with Gasteiger partial charge in [-0.15, -0.1) is 0 Å². The minimum atomic E-state index is 0.668. The molecule has 0 unspecified atom stereocenters. The average molecular weight is 326 g/mol. The molecule has 1 aromatic rings. The molecule has 0 heterocycles. The molecule has 1 aliphatic carbocycles. The van der Waals surface area contributed by atoms with Crippen molar-refractivity contribution in [3.63, 3.8) is 0 Å². The monoisotopic (exact) mass is 325 g/mol. The molecule has 0 aliphatic heterocycles. The first-order valence-electron chi connectivity index (χ1n) is 9.79. The summed E-state index contributed by atoms with van der Waals surface area (Å²) in [5.41, 5.74) is 8.38. The summed E-state index contributed by atoms with van der Waals surface area (Å²) in [6.45, 7) is 11.1. The largest absolute Gasteiger partial charge is 0.382 e. The fraction of sp³-hybridized carbons (Fsp3) is 0.565. The van der Waals surface area contributed by atoms with Crippen LogP contribution in [0.5, 0.6) is 0 Å². The lowest BCUT2D eigenvalue weighted by atomic mass is 9.94. The first kappa shape index (κ1) is 18.8. The van der Waals surface area contributed by atoms with Crippen LogP contribution in [-0.4, -0.2) is 6.04 Å². The van der Waals surface area contributed by atoms with E-state index in [4.69, 9.17) is 0 Å². The molecular weight excluding hydrogens is 290 g/mol. The number of anilines is 1. The van der Waals surface area contributed by atoms with Crippen LogP contribution in [0.2, 0.25) is 0 Å². The Bertz CT molecular complexity index is 597. The summed E-state index contributed by atoms with van der Waals surface area (Å²) in [5, 5.41) is 3.81. The van der Waals surface area contributed by atoms with Gasteiger partial charge in [0, 0.05) is 11.7 Å². The molecule has 1 fully saturated rings. The van der Waals surface area contributed by atoms with Crippen molar-refractivity contribution in [3.05, 3.63) is 46.0 Å². The van der Waals surface area contributed by atoms with E-state index in [1.165, 1.54) is 65.6 Å². The van der Waals surface area contributed by atoms with Gasteiger partial charge in [-0.2, -0.15) is 0 Å². The molecule has 0 atom stereocenters. The summed E-state index contributed by atoms with van der Waals surface area (Å²) in [7, 11) is 0. The number of allylic oxidation sites excluding steroid dienone is 3. The Morgan fingerprint density at radius 1 is 1.12 bits per heavy atom. The number of nitrogens with one attached hydrogen (secondary N) is 1. The highest BCUT2D eigenvalue weighted by atomic mass is 14.9. The smallest absolute Gasteiger partial charge is 0.0375 e. The molecule has 0 aromatic heterocycles. The van der Waals surface area contributed by atoms with E-state index < -0.39 is 0 Å². The maximum atomic E-state index is 3.81. The van der Waals surface area contributed by atoms with E-state index in [0.29, 0.717) is 6.04 Å². The first-order chi connectivity index (χ1) is 11.5. The molecule has 0 spiro atoms. The Hall–Kier alpha value is -1.50. The van der Waals surface area contributed by atoms with Crippen LogP contribution in [0.1, 0.15) is 82.9 Å². The van der Waals surface area contributed by atoms with E-state index in [9.17, 15) is 0 Å². The van der Waals surface area contributed by atoms with Gasteiger partial charge in [-0.25, -0.2) is 0 Å². The van der Waals surface area contributed by atoms with Crippen LogP contribution in [0, 0.1) is 6.92 Å². The lowest BCUT2D eigenvalue weighted by Gasteiger charge is -2.25. The zero-order valence-corrected chi connectivity index (χ0v) is 16.3. The summed E-state index contributed by atoms with van der Waals surface area (Å²) < 4.78 is 0. The number of aryl methyl sites for hydroxylation is 2. The Kier molecular flexibility index (Phi) is 7.15. The zero-order valence-electron chi connectivity index (χ0n) is 16.3. The van der Waals surface area contributed by atoms with Crippen molar-refractivity contribution < 1.29 is 0 Å². The van der Waals surface area contributed by atoms with Gasteiger partial charge >= 0.3 is 0 Å². The molecule has 0 radical (unpaired) electrons. The Morgan fingerprint density at radius 2 is 1.83 bits per heavy atom. The van der Waals surface area contributed by atoms with E-state index in [2.05, 4.69) is 64.2 Å². The molecule has 1 aromatic carbocycles. The fourth-order valence-corrected chi connectivity index (χ4v) is 3.69. The Morgan fingerprint density at radius 3 is 2.42 bits per heavy atom. The quantitative estimate of drug-likeness (QED) is 0.552. The molecule has 0 amide bonds. The van der Waals surface area contributed by atoms with Crippen molar-refractivity contribution in [2.45, 2.75) is 85.6 Å². The summed E-state index contributed by atoms with van der Waals surface area (Å²) in [6.07, 6.45) is 13.6. The second kappa shape index (κ2) is 9.11. The predicted octanol–water partition coefficient (Wildman–Crippen LogP) is 7.06. The molecule has 1 nitrogen and oxygen atoms in total. The van der Waals surface area contributed by atoms with Crippen molar-refractivity contribution >= 4 is 11.8 Å². The van der Waals surface area contributed by atoms with Crippen LogP contribution in [0.15, 0.2) is 29.4 Å². The highest BCUT2D eigenvalue weighted by molar-refractivity contribution is 5.65. The van der Waals surface area contributed by atoms with Crippen molar-refractivity contribution in [2.24, 2.45) is 0 Å². The lowest BCUT2D eigenvalue weighted by Crippen LogP contribution is -2.22. The topological polar surface area (TPSA) is 12.0 Å². The van der Waals surface area contributed by atoms with Crippen LogP contribution in [-0.2, 0) is 6.42 Å². The third kappa shape index (κ3) is 5.00. The average Bonchev–Trinajstić information content (AvgIpc) is 2.58. The highest BCUT2D eigenvalue weighted by Crippen LogP contribution is 2.27. The summed E-state index contributed by atoms with van der Waals surface area (Å²) in [5.74, 6) is 0. The highest BCUT2D eigenvalue weighted by Gasteiger charge is 2.14. The van der Waals surface area contributed by atoms with E-state index in [1.807, 2.05) is 0 Å². The van der Waals surface area contributed by atoms with Gasteiger partial charge in [-0.3, -0.25) is 0 Å². The van der Waals surface area contributed by atoms with E-state index in [0.717, 1.165) is 12.8 Å². The van der Waals surface area contributed by atoms with Crippen LogP contribution < -0.4 is 5.32 Å². The second-order valence-electron chi connectivity index (χ2n) is 7.41. The van der Waals surface area contributed by atoms with Gasteiger partial charge in [0.15, 0.2) is 0 Å². The molecule has 1 saturated carbocycles. The normalized spacial score (nSPS) is 15.7. The van der Waals surface area contributed by atoms with Gasteiger partial charge in [0.2, 0.25) is 0 Å². The number of benzene rings is 1. The van der Waals surface area contributed by atoms with Crippen molar-refractivity contribution in [2.75, 3.05) is 5.32 Å². The van der Waals surface area contributed by atoms with Crippen LogP contribution >= 0.6 is 0 Å². The number of rotatable bonds is 6. The minimum Gasteiger partial charge on any atom is -0.382 e. The SMILES string of the molecule is CCC(/C=C\c1cc(C)c(NC2CCCCC2)cc1CC)=C(C)C. The van der Waals surface area contributed by atoms with Crippen LogP contribution in [0.4, 0.5) is 5.69 Å². The van der Waals surface area contributed by atoms with Gasteiger partial charge in [-0.05, 0) is 80.9 Å². The van der Waals surface area contributed by atoms with E-state index in [1.54, 1.807) is 0 Å². The zero-order chi connectivity index (χ0) is 17.5. The standard InChI is InChI=1S/C23H35N/c1-6-19(17(3)4)13-14-21-15-18(5)23(16-20(21)7-2)24-22-11-9-8-10-12-22/h13-16,22,24H,6-12H2,1-5H3/b14-13-. The van der Waals surface area contributed by atoms with Crippen molar-refractivity contribution in [1.82, 2.24) is 0 Å². The minimum absolute atomic E-state index is 0.668. The first-order valence-corrected chi connectivity index (χ1v) is 9.79.